The van der Waals surface area contributed by atoms with Gasteiger partial charge in [0, 0.05) is 32.7 Å². The van der Waals surface area contributed by atoms with Gasteiger partial charge in [-0.3, -0.25) is 14.8 Å². The number of morpholine rings is 1. The lowest BCUT2D eigenvalue weighted by atomic mass is 10.3. The van der Waals surface area contributed by atoms with Crippen molar-refractivity contribution < 1.29 is 17.9 Å². The van der Waals surface area contributed by atoms with Crippen molar-refractivity contribution in [3.63, 3.8) is 0 Å². The second-order valence-electron chi connectivity index (χ2n) is 6.20. The molecule has 0 aromatic carbocycles. The highest BCUT2D eigenvalue weighted by Gasteiger charge is 2.28. The number of nitrogens with one attached hydrogen (secondary N) is 2. The Bertz CT molecular complexity index is 373. The van der Waals surface area contributed by atoms with E-state index in [4.69, 9.17) is 4.74 Å². The zero-order valence-corrected chi connectivity index (χ0v) is 15.4. The van der Waals surface area contributed by atoms with Gasteiger partial charge in [0.15, 0.2) is 5.96 Å². The van der Waals surface area contributed by atoms with E-state index in [1.54, 1.807) is 0 Å². The van der Waals surface area contributed by atoms with Crippen molar-refractivity contribution >= 4 is 5.96 Å². The fraction of sp³-hybridized carbons (Fsp3) is 0.938. The highest BCUT2D eigenvalue weighted by molar-refractivity contribution is 5.79. The van der Waals surface area contributed by atoms with Gasteiger partial charge < -0.3 is 15.4 Å². The molecule has 1 rings (SSSR count). The van der Waals surface area contributed by atoms with E-state index >= 15 is 0 Å². The highest BCUT2D eigenvalue weighted by atomic mass is 19.4. The lowest BCUT2D eigenvalue weighted by Crippen LogP contribution is -2.40. The molecular weight excluding hydrogens is 335 g/mol. The van der Waals surface area contributed by atoms with Crippen LogP contribution in [0.4, 0.5) is 13.2 Å². The van der Waals surface area contributed by atoms with Gasteiger partial charge in [0.05, 0.1) is 19.8 Å². The van der Waals surface area contributed by atoms with Crippen LogP contribution in [0.1, 0.15) is 19.8 Å². The number of aliphatic imine (C=N–C) groups is 1. The van der Waals surface area contributed by atoms with Crippen molar-refractivity contribution in [1.29, 1.82) is 0 Å². The molecule has 2 N–H and O–H groups in total. The summed E-state index contributed by atoms with van der Waals surface area (Å²) < 4.78 is 42.1. The summed E-state index contributed by atoms with van der Waals surface area (Å²) in [7, 11) is 1.48. The lowest BCUT2D eigenvalue weighted by Gasteiger charge is -2.26. The Kier molecular flexibility index (Phi) is 10.8. The lowest BCUT2D eigenvalue weighted by molar-refractivity contribution is -0.143. The SMILES string of the molecule is CCNC(=NCCCN(C)CC(F)(F)F)NCCCN1CCOCC1. The molecule has 0 aromatic heterocycles. The van der Waals surface area contributed by atoms with Crippen LogP contribution in [0.25, 0.3) is 0 Å². The van der Waals surface area contributed by atoms with Gasteiger partial charge in [0.25, 0.3) is 0 Å². The van der Waals surface area contributed by atoms with Crippen LogP contribution < -0.4 is 10.6 Å². The molecule has 25 heavy (non-hydrogen) atoms. The standard InChI is InChI=1S/C16H32F3N5O/c1-3-20-15(21-6-4-8-23(2)14-16(17,18)19)22-7-5-9-24-10-12-25-13-11-24/h3-14H2,1-2H3,(H2,20,21,22). The van der Waals surface area contributed by atoms with Gasteiger partial charge in [-0.15, -0.1) is 0 Å². The van der Waals surface area contributed by atoms with Gasteiger partial charge >= 0.3 is 6.18 Å². The summed E-state index contributed by atoms with van der Waals surface area (Å²) in [5.74, 6) is 0.725. The van der Waals surface area contributed by atoms with E-state index in [9.17, 15) is 13.2 Å². The predicted octanol–water partition coefficient (Wildman–Crippen LogP) is 1.15. The maximum absolute atomic E-state index is 12.3. The second-order valence-corrected chi connectivity index (χ2v) is 6.20. The molecule has 9 heteroatoms. The van der Waals surface area contributed by atoms with Gasteiger partial charge in [-0.25, -0.2) is 0 Å². The van der Waals surface area contributed by atoms with E-state index < -0.39 is 12.7 Å². The van der Waals surface area contributed by atoms with E-state index in [0.717, 1.165) is 58.3 Å². The second kappa shape index (κ2) is 12.3. The number of hydrogen-bond acceptors (Lipinski definition) is 4. The molecule has 148 valence electrons. The van der Waals surface area contributed by atoms with Gasteiger partial charge in [-0.1, -0.05) is 0 Å². The predicted molar refractivity (Wildman–Crippen MR) is 94.0 cm³/mol. The first-order valence-electron chi connectivity index (χ1n) is 8.98. The van der Waals surface area contributed by atoms with Gasteiger partial charge in [-0.05, 0) is 39.9 Å². The maximum Gasteiger partial charge on any atom is 0.401 e. The Morgan fingerprint density at radius 2 is 1.92 bits per heavy atom. The van der Waals surface area contributed by atoms with Crippen LogP contribution in [-0.4, -0.2) is 94.6 Å². The molecule has 0 radical (unpaired) electrons. The zero-order chi connectivity index (χ0) is 18.5. The summed E-state index contributed by atoms with van der Waals surface area (Å²) >= 11 is 0. The Morgan fingerprint density at radius 1 is 1.20 bits per heavy atom. The fourth-order valence-electron chi connectivity index (χ4n) is 2.59. The summed E-state index contributed by atoms with van der Waals surface area (Å²) in [6.07, 6.45) is -2.54. The molecule has 0 bridgehead atoms. The molecule has 1 fully saturated rings. The van der Waals surface area contributed by atoms with Crippen LogP contribution >= 0.6 is 0 Å². The minimum absolute atomic E-state index is 0.374. The zero-order valence-electron chi connectivity index (χ0n) is 15.4. The maximum atomic E-state index is 12.3. The topological polar surface area (TPSA) is 52.1 Å². The van der Waals surface area contributed by atoms with E-state index in [0.29, 0.717) is 19.5 Å². The molecule has 0 amide bonds. The van der Waals surface area contributed by atoms with Gasteiger partial charge in [-0.2, -0.15) is 13.2 Å². The summed E-state index contributed by atoms with van der Waals surface area (Å²) in [4.78, 5) is 8.08. The van der Waals surface area contributed by atoms with Crippen LogP contribution in [0, 0.1) is 0 Å². The van der Waals surface area contributed by atoms with Crippen LogP contribution in [0.5, 0.6) is 0 Å². The minimum Gasteiger partial charge on any atom is -0.379 e. The number of alkyl halides is 3. The van der Waals surface area contributed by atoms with Crippen molar-refractivity contribution in [2.24, 2.45) is 4.99 Å². The monoisotopic (exact) mass is 367 g/mol. The molecule has 1 aliphatic rings. The molecule has 1 saturated heterocycles. The molecule has 0 aliphatic carbocycles. The van der Waals surface area contributed by atoms with Gasteiger partial charge in [0.1, 0.15) is 0 Å². The third kappa shape index (κ3) is 12.0. The van der Waals surface area contributed by atoms with Crippen LogP contribution in [0.15, 0.2) is 4.99 Å². The Morgan fingerprint density at radius 3 is 2.56 bits per heavy atom. The third-order valence-corrected chi connectivity index (χ3v) is 3.81. The quantitative estimate of drug-likeness (QED) is 0.345. The summed E-state index contributed by atoms with van der Waals surface area (Å²) in [6.45, 7) is 8.16. The number of halogens is 3. The molecular formula is C16H32F3N5O. The first-order valence-corrected chi connectivity index (χ1v) is 8.98. The molecule has 0 unspecified atom stereocenters. The summed E-state index contributed by atoms with van der Waals surface area (Å²) in [6, 6.07) is 0. The van der Waals surface area contributed by atoms with Crippen molar-refractivity contribution in [3.05, 3.63) is 0 Å². The molecule has 1 aliphatic heterocycles. The van der Waals surface area contributed by atoms with E-state index in [1.807, 2.05) is 6.92 Å². The van der Waals surface area contributed by atoms with Crippen molar-refractivity contribution in [3.8, 4) is 0 Å². The van der Waals surface area contributed by atoms with Crippen LogP contribution in [-0.2, 0) is 4.74 Å². The van der Waals surface area contributed by atoms with Crippen molar-refractivity contribution in [2.75, 3.05) is 72.6 Å². The minimum atomic E-state index is -4.14. The molecule has 0 spiro atoms. The number of ether oxygens (including phenoxy) is 1. The molecule has 0 saturated carbocycles. The number of guanidine groups is 1. The molecule has 1 heterocycles. The van der Waals surface area contributed by atoms with Crippen molar-refractivity contribution in [2.45, 2.75) is 25.9 Å². The van der Waals surface area contributed by atoms with Gasteiger partial charge in [0.2, 0.25) is 0 Å². The number of nitrogens with zero attached hydrogens (tertiary/aromatic N) is 3. The number of rotatable bonds is 10. The normalized spacial score (nSPS) is 17.1. The summed E-state index contributed by atoms with van der Waals surface area (Å²) in [5.41, 5.74) is 0. The number of hydrogen-bond donors (Lipinski definition) is 2. The Hall–Kier alpha value is -1.06. The van der Waals surface area contributed by atoms with E-state index in [2.05, 4.69) is 20.5 Å². The highest BCUT2D eigenvalue weighted by Crippen LogP contribution is 2.15. The van der Waals surface area contributed by atoms with Crippen LogP contribution in [0.3, 0.4) is 0 Å². The van der Waals surface area contributed by atoms with Crippen molar-refractivity contribution in [1.82, 2.24) is 20.4 Å². The average Bonchev–Trinajstić information content (AvgIpc) is 2.54. The third-order valence-electron chi connectivity index (χ3n) is 3.81. The summed E-state index contributed by atoms with van der Waals surface area (Å²) in [5, 5.41) is 6.43. The molecule has 0 atom stereocenters. The first kappa shape index (κ1) is 22.0. The molecule has 6 nitrogen and oxygen atoms in total. The Balaban J connectivity index is 2.17. The largest absolute Gasteiger partial charge is 0.401 e. The van der Waals surface area contributed by atoms with Crippen LogP contribution in [0.2, 0.25) is 0 Å². The molecule has 0 aromatic rings. The van der Waals surface area contributed by atoms with E-state index in [-0.39, 0.29) is 0 Å². The van der Waals surface area contributed by atoms with E-state index in [1.165, 1.54) is 11.9 Å². The smallest absolute Gasteiger partial charge is 0.379 e. The first-order chi connectivity index (χ1) is 11.9. The Labute approximate surface area is 148 Å². The fourth-order valence-corrected chi connectivity index (χ4v) is 2.59. The average molecular weight is 367 g/mol.